The molecule has 0 unspecified atom stereocenters. The molecule has 30 heavy (non-hydrogen) atoms. The van der Waals surface area contributed by atoms with Gasteiger partial charge < -0.3 is 15.2 Å². The first-order valence-corrected chi connectivity index (χ1v) is 10.8. The summed E-state index contributed by atoms with van der Waals surface area (Å²) < 4.78 is 32.2. The lowest BCUT2D eigenvalue weighted by Gasteiger charge is -2.21. The van der Waals surface area contributed by atoms with Crippen LogP contribution in [0.2, 0.25) is 0 Å². The van der Waals surface area contributed by atoms with Gasteiger partial charge in [0, 0.05) is 23.5 Å². The highest BCUT2D eigenvalue weighted by atomic mass is 32.2. The molecule has 160 valence electrons. The van der Waals surface area contributed by atoms with Crippen LogP contribution < -0.4 is 10.1 Å². The molecular weight excluding hydrogens is 406 g/mol. The second-order valence-electron chi connectivity index (χ2n) is 7.94. The second-order valence-corrected chi connectivity index (χ2v) is 10.6. The summed E-state index contributed by atoms with van der Waals surface area (Å²) in [5.74, 6) is -0.291. The fourth-order valence-electron chi connectivity index (χ4n) is 2.89. The molecular formula is C21H25N3O5S. The zero-order valence-electron chi connectivity index (χ0n) is 17.5. The van der Waals surface area contributed by atoms with Crippen LogP contribution in [0.1, 0.15) is 27.7 Å². The minimum absolute atomic E-state index is 0.0720. The Bertz CT molecular complexity index is 1210. The smallest absolute Gasteiger partial charge is 0.252 e. The molecule has 0 saturated carbocycles. The van der Waals surface area contributed by atoms with E-state index in [1.54, 1.807) is 55.6 Å². The number of aliphatic hydroxyl groups excluding tert-OH is 1. The van der Waals surface area contributed by atoms with Crippen molar-refractivity contribution < 1.29 is 23.1 Å². The number of aliphatic hydroxyl groups is 1. The Balaban J connectivity index is 2.16. The van der Waals surface area contributed by atoms with Crippen LogP contribution in [0.15, 0.2) is 47.6 Å². The summed E-state index contributed by atoms with van der Waals surface area (Å²) >= 11 is 0. The second kappa shape index (κ2) is 7.73. The molecule has 9 heteroatoms. The van der Waals surface area contributed by atoms with Gasteiger partial charge in [-0.2, -0.15) is 0 Å². The molecule has 0 aliphatic heterocycles. The Morgan fingerprint density at radius 1 is 1.27 bits per heavy atom. The summed E-state index contributed by atoms with van der Waals surface area (Å²) in [6, 6.07) is 8.59. The van der Waals surface area contributed by atoms with Crippen LogP contribution in [0.25, 0.3) is 16.9 Å². The van der Waals surface area contributed by atoms with Gasteiger partial charge in [0.15, 0.2) is 9.84 Å². The minimum Gasteiger partial charge on any atom is -0.495 e. The molecule has 0 radical (unpaired) electrons. The van der Waals surface area contributed by atoms with E-state index in [4.69, 9.17) is 4.74 Å². The lowest BCUT2D eigenvalue weighted by molar-refractivity contribution is -0.123. The number of rotatable bonds is 5. The van der Waals surface area contributed by atoms with Gasteiger partial charge in [-0.15, -0.1) is 0 Å². The topological polar surface area (TPSA) is 110 Å². The molecule has 2 N–H and O–H groups in total. The zero-order valence-corrected chi connectivity index (χ0v) is 18.3. The Labute approximate surface area is 175 Å². The van der Waals surface area contributed by atoms with Crippen LogP contribution in [0.3, 0.4) is 0 Å². The highest BCUT2D eigenvalue weighted by Crippen LogP contribution is 2.34. The number of benzene rings is 1. The highest BCUT2D eigenvalue weighted by Gasteiger charge is 2.34. The summed E-state index contributed by atoms with van der Waals surface area (Å²) in [7, 11) is -2.26. The van der Waals surface area contributed by atoms with E-state index in [1.165, 1.54) is 20.2 Å². The number of nitrogens with zero attached hydrogens (tertiary/aromatic N) is 2. The fraction of sp³-hybridized carbons (Fsp3) is 0.333. The van der Waals surface area contributed by atoms with Crippen molar-refractivity contribution in [3.8, 4) is 17.0 Å². The Kier molecular flexibility index (Phi) is 5.62. The van der Waals surface area contributed by atoms with E-state index in [0.717, 1.165) is 5.56 Å². The van der Waals surface area contributed by atoms with Crippen molar-refractivity contribution in [2.75, 3.05) is 12.4 Å². The van der Waals surface area contributed by atoms with Gasteiger partial charge in [-0.05, 0) is 39.8 Å². The van der Waals surface area contributed by atoms with E-state index >= 15 is 0 Å². The normalized spacial score (nSPS) is 13.3. The number of fused-ring (bicyclic) bond motifs is 1. The first-order chi connectivity index (χ1) is 14.0. The number of ether oxygens (including phenoxy) is 1. The summed E-state index contributed by atoms with van der Waals surface area (Å²) in [5.41, 5.74) is 2.39. The predicted octanol–water partition coefficient (Wildman–Crippen LogP) is 2.90. The van der Waals surface area contributed by atoms with Gasteiger partial charge in [0.05, 0.1) is 23.7 Å². The molecule has 1 aromatic carbocycles. The molecule has 0 aliphatic carbocycles. The predicted molar refractivity (Wildman–Crippen MR) is 114 cm³/mol. The minimum atomic E-state index is -3.68. The monoisotopic (exact) mass is 431 g/mol. The number of pyridine rings is 1. The third-order valence-electron chi connectivity index (χ3n) is 4.70. The number of carbonyl (C=O) groups is 1. The van der Waals surface area contributed by atoms with E-state index in [9.17, 15) is 18.3 Å². The Morgan fingerprint density at radius 2 is 1.97 bits per heavy atom. The quantitative estimate of drug-likeness (QED) is 0.643. The summed E-state index contributed by atoms with van der Waals surface area (Å²) in [4.78, 5) is 16.2. The summed E-state index contributed by atoms with van der Waals surface area (Å²) in [5, 5.41) is 12.0. The van der Waals surface area contributed by atoms with Crippen LogP contribution in [0, 0.1) is 0 Å². The van der Waals surface area contributed by atoms with Gasteiger partial charge in [0.1, 0.15) is 22.4 Å². The van der Waals surface area contributed by atoms with Crippen molar-refractivity contribution in [3.63, 3.8) is 0 Å². The van der Waals surface area contributed by atoms with Gasteiger partial charge in [-0.3, -0.25) is 9.20 Å². The molecule has 0 bridgehead atoms. The van der Waals surface area contributed by atoms with Crippen LogP contribution in [0.5, 0.6) is 5.75 Å². The van der Waals surface area contributed by atoms with Gasteiger partial charge >= 0.3 is 0 Å². The van der Waals surface area contributed by atoms with Crippen molar-refractivity contribution >= 4 is 27.1 Å². The molecule has 8 nitrogen and oxygen atoms in total. The SMILES string of the molecule is COc1cc2ncc(-c3cccc(NC(=O)[C@H](C)O)c3)n2cc1S(=O)(=O)C(C)(C)C. The van der Waals surface area contributed by atoms with Crippen molar-refractivity contribution in [2.45, 2.75) is 43.4 Å². The lowest BCUT2D eigenvalue weighted by Crippen LogP contribution is -2.28. The number of amides is 1. The van der Waals surface area contributed by atoms with Crippen LogP contribution in [-0.2, 0) is 14.6 Å². The maximum Gasteiger partial charge on any atom is 0.252 e. The Hall–Kier alpha value is -2.91. The van der Waals surface area contributed by atoms with Crippen LogP contribution >= 0.6 is 0 Å². The van der Waals surface area contributed by atoms with E-state index in [1.807, 2.05) is 6.07 Å². The standard InChI is InChI=1S/C21H25N3O5S/c1-13(25)20(26)23-15-8-6-7-14(9-15)16-11-22-19-10-17(29-5)18(12-24(16)19)30(27,28)21(2,3)4/h6-13,25H,1-5H3,(H,23,26)/t13-/m0/s1. The van der Waals surface area contributed by atoms with Gasteiger partial charge in [0.25, 0.3) is 5.91 Å². The molecule has 0 aliphatic rings. The van der Waals surface area contributed by atoms with E-state index < -0.39 is 26.6 Å². The number of nitrogens with one attached hydrogen (secondary N) is 1. The number of carbonyl (C=O) groups excluding carboxylic acids is 1. The maximum absolute atomic E-state index is 13.1. The van der Waals surface area contributed by atoms with Crippen LogP contribution in [0.4, 0.5) is 5.69 Å². The maximum atomic E-state index is 13.1. The first-order valence-electron chi connectivity index (χ1n) is 9.35. The molecule has 2 aromatic heterocycles. The largest absolute Gasteiger partial charge is 0.495 e. The van der Waals surface area contributed by atoms with Crippen molar-refractivity contribution in [2.24, 2.45) is 0 Å². The van der Waals surface area contributed by atoms with E-state index in [2.05, 4.69) is 10.3 Å². The third kappa shape index (κ3) is 3.90. The molecule has 1 atom stereocenters. The number of sulfone groups is 1. The molecule has 3 aromatic rings. The van der Waals surface area contributed by atoms with Crippen LogP contribution in [-0.4, -0.2) is 46.8 Å². The zero-order chi connectivity index (χ0) is 22.3. The van der Waals surface area contributed by atoms with Crippen molar-refractivity contribution in [3.05, 3.63) is 42.7 Å². The number of imidazole rings is 1. The number of hydrogen-bond donors (Lipinski definition) is 2. The summed E-state index contributed by atoms with van der Waals surface area (Å²) in [6.45, 7) is 6.29. The molecule has 0 fully saturated rings. The average Bonchev–Trinajstić information content (AvgIpc) is 3.09. The average molecular weight is 432 g/mol. The van der Waals surface area contributed by atoms with Gasteiger partial charge in [-0.25, -0.2) is 13.4 Å². The van der Waals surface area contributed by atoms with E-state index in [0.29, 0.717) is 17.0 Å². The molecule has 0 spiro atoms. The third-order valence-corrected chi connectivity index (χ3v) is 7.19. The highest BCUT2D eigenvalue weighted by molar-refractivity contribution is 7.92. The number of hydrogen-bond acceptors (Lipinski definition) is 6. The number of anilines is 1. The molecule has 1 amide bonds. The molecule has 0 saturated heterocycles. The molecule has 2 heterocycles. The van der Waals surface area contributed by atoms with E-state index in [-0.39, 0.29) is 10.6 Å². The first kappa shape index (κ1) is 21.8. The van der Waals surface area contributed by atoms with Crippen molar-refractivity contribution in [1.82, 2.24) is 9.38 Å². The molecule has 3 rings (SSSR count). The van der Waals surface area contributed by atoms with Gasteiger partial charge in [-0.1, -0.05) is 12.1 Å². The summed E-state index contributed by atoms with van der Waals surface area (Å²) in [6.07, 6.45) is 2.00. The van der Waals surface area contributed by atoms with Crippen molar-refractivity contribution in [1.29, 1.82) is 0 Å². The lowest BCUT2D eigenvalue weighted by atomic mass is 10.1. The fourth-order valence-corrected chi connectivity index (χ4v) is 4.21. The van der Waals surface area contributed by atoms with Gasteiger partial charge in [0.2, 0.25) is 0 Å². The Morgan fingerprint density at radius 3 is 2.57 bits per heavy atom. The number of methoxy groups -OCH3 is 1. The number of aromatic nitrogens is 2.